The van der Waals surface area contributed by atoms with Gasteiger partial charge >= 0.3 is 0 Å². The lowest BCUT2D eigenvalue weighted by Gasteiger charge is -2.21. The second kappa shape index (κ2) is 5.55. The molecule has 5 N–H and O–H groups in total. The fraction of sp³-hybridized carbons (Fsp3) is 0.545. The molecule has 1 unspecified atom stereocenters. The fourth-order valence-electron chi connectivity index (χ4n) is 1.50. The molecule has 0 saturated heterocycles. The number of nitrogen functional groups attached to an aromatic ring is 1. The first-order chi connectivity index (χ1) is 7.54. The van der Waals surface area contributed by atoms with E-state index in [2.05, 4.69) is 10.3 Å². The number of carbonyl (C=O) groups is 1. The molecule has 1 heterocycles. The summed E-state index contributed by atoms with van der Waals surface area (Å²) >= 11 is 0. The van der Waals surface area contributed by atoms with Crippen LogP contribution in [0, 0.1) is 5.92 Å². The van der Waals surface area contributed by atoms with Crippen LogP contribution in [-0.4, -0.2) is 28.6 Å². The number of aromatic nitrogens is 1. The van der Waals surface area contributed by atoms with E-state index in [1.54, 1.807) is 12.3 Å². The lowest BCUT2D eigenvalue weighted by Crippen LogP contribution is -2.39. The zero-order valence-electron chi connectivity index (χ0n) is 9.66. The fourth-order valence-corrected chi connectivity index (χ4v) is 1.50. The summed E-state index contributed by atoms with van der Waals surface area (Å²) in [5, 5.41) is 11.8. The lowest BCUT2D eigenvalue weighted by molar-refractivity contribution is 0.0912. The van der Waals surface area contributed by atoms with Crippen LogP contribution in [0.5, 0.6) is 0 Å². The van der Waals surface area contributed by atoms with Gasteiger partial charge in [0.1, 0.15) is 5.69 Å². The number of H-pyrrole nitrogens is 1. The highest BCUT2D eigenvalue weighted by atomic mass is 16.3. The van der Waals surface area contributed by atoms with Gasteiger partial charge in [0.05, 0.1) is 0 Å². The minimum atomic E-state index is -0.191. The highest BCUT2D eigenvalue weighted by molar-refractivity contribution is 5.93. The molecular formula is C11H19N3O2. The summed E-state index contributed by atoms with van der Waals surface area (Å²) in [5.74, 6) is 0.0901. The third-order valence-electron chi connectivity index (χ3n) is 2.51. The van der Waals surface area contributed by atoms with Crippen LogP contribution in [0.25, 0.3) is 0 Å². The van der Waals surface area contributed by atoms with Crippen molar-refractivity contribution >= 4 is 11.6 Å². The summed E-state index contributed by atoms with van der Waals surface area (Å²) in [5.41, 5.74) is 6.50. The van der Waals surface area contributed by atoms with Crippen molar-refractivity contribution in [1.29, 1.82) is 0 Å². The van der Waals surface area contributed by atoms with Crippen molar-refractivity contribution in [3.05, 3.63) is 18.0 Å². The number of hydrogen-bond acceptors (Lipinski definition) is 3. The molecule has 1 atom stereocenters. The number of carbonyl (C=O) groups excluding carboxylic acids is 1. The first-order valence-corrected chi connectivity index (χ1v) is 5.40. The van der Waals surface area contributed by atoms with Crippen LogP contribution in [0.15, 0.2) is 12.3 Å². The van der Waals surface area contributed by atoms with E-state index in [-0.39, 0.29) is 24.5 Å². The van der Waals surface area contributed by atoms with Crippen molar-refractivity contribution in [1.82, 2.24) is 10.3 Å². The van der Waals surface area contributed by atoms with Gasteiger partial charge in [0.15, 0.2) is 0 Å². The number of nitrogens with one attached hydrogen (secondary N) is 2. The van der Waals surface area contributed by atoms with E-state index in [0.29, 0.717) is 17.8 Å². The number of aliphatic hydroxyl groups excluding tert-OH is 1. The third kappa shape index (κ3) is 3.27. The van der Waals surface area contributed by atoms with Crippen LogP contribution < -0.4 is 11.1 Å². The molecule has 90 valence electrons. The molecule has 5 nitrogen and oxygen atoms in total. The summed E-state index contributed by atoms with van der Waals surface area (Å²) in [6.07, 6.45) is 2.13. The van der Waals surface area contributed by atoms with Gasteiger partial charge in [-0.1, -0.05) is 13.8 Å². The number of hydrogen-bond donors (Lipinski definition) is 4. The molecule has 0 aliphatic heterocycles. The predicted octanol–water partition coefficient (Wildman–Crippen LogP) is 0.734. The number of anilines is 1. The van der Waals surface area contributed by atoms with Crippen LogP contribution in [0.4, 0.5) is 5.69 Å². The molecule has 0 saturated carbocycles. The molecule has 1 amide bonds. The Hall–Kier alpha value is -1.49. The molecule has 1 aromatic rings. The van der Waals surface area contributed by atoms with E-state index in [1.165, 1.54) is 0 Å². The van der Waals surface area contributed by atoms with Crippen molar-refractivity contribution in [2.75, 3.05) is 12.3 Å². The highest BCUT2D eigenvalue weighted by Gasteiger charge is 2.17. The lowest BCUT2D eigenvalue weighted by atomic mass is 10.0. The molecule has 0 aliphatic carbocycles. The van der Waals surface area contributed by atoms with Crippen molar-refractivity contribution in [2.45, 2.75) is 26.3 Å². The summed E-state index contributed by atoms with van der Waals surface area (Å²) in [7, 11) is 0. The Bertz CT molecular complexity index is 347. The SMILES string of the molecule is CC(C)C(CCO)NC(=O)c1cc(N)c[nH]1. The van der Waals surface area contributed by atoms with Crippen LogP contribution >= 0.6 is 0 Å². The third-order valence-corrected chi connectivity index (χ3v) is 2.51. The maximum Gasteiger partial charge on any atom is 0.267 e. The summed E-state index contributed by atoms with van der Waals surface area (Å²) in [6.45, 7) is 4.07. The Morgan fingerprint density at radius 1 is 1.62 bits per heavy atom. The van der Waals surface area contributed by atoms with Crippen molar-refractivity contribution in [3.8, 4) is 0 Å². The molecule has 0 aliphatic rings. The quantitative estimate of drug-likeness (QED) is 0.595. The standard InChI is InChI=1S/C11H19N3O2/c1-7(2)9(3-4-15)14-11(16)10-5-8(12)6-13-10/h5-7,9,13,15H,3-4,12H2,1-2H3,(H,14,16). The number of aliphatic hydroxyl groups is 1. The molecule has 1 rings (SSSR count). The predicted molar refractivity (Wildman–Crippen MR) is 63.0 cm³/mol. The van der Waals surface area contributed by atoms with E-state index >= 15 is 0 Å². The molecule has 0 spiro atoms. The molecule has 0 fully saturated rings. The monoisotopic (exact) mass is 225 g/mol. The molecule has 1 aromatic heterocycles. The van der Waals surface area contributed by atoms with Crippen molar-refractivity contribution in [3.63, 3.8) is 0 Å². The van der Waals surface area contributed by atoms with Gasteiger partial charge in [-0.05, 0) is 18.4 Å². The van der Waals surface area contributed by atoms with E-state index in [0.717, 1.165) is 0 Å². The number of amides is 1. The summed E-state index contributed by atoms with van der Waals surface area (Å²) in [6, 6.07) is 1.56. The first-order valence-electron chi connectivity index (χ1n) is 5.40. The van der Waals surface area contributed by atoms with Crippen LogP contribution in [0.1, 0.15) is 30.8 Å². The largest absolute Gasteiger partial charge is 0.397 e. The minimum absolute atomic E-state index is 0.0259. The molecule has 5 heteroatoms. The van der Waals surface area contributed by atoms with E-state index in [9.17, 15) is 4.79 Å². The molecule has 0 bridgehead atoms. The van der Waals surface area contributed by atoms with E-state index in [4.69, 9.17) is 10.8 Å². The summed E-state index contributed by atoms with van der Waals surface area (Å²) < 4.78 is 0. The molecule has 16 heavy (non-hydrogen) atoms. The average molecular weight is 225 g/mol. The zero-order chi connectivity index (χ0) is 12.1. The Balaban J connectivity index is 2.61. The zero-order valence-corrected chi connectivity index (χ0v) is 9.66. The van der Waals surface area contributed by atoms with E-state index < -0.39 is 0 Å². The van der Waals surface area contributed by atoms with Gasteiger partial charge in [-0.25, -0.2) is 0 Å². The average Bonchev–Trinajstić information content (AvgIpc) is 2.64. The Morgan fingerprint density at radius 3 is 2.75 bits per heavy atom. The van der Waals surface area contributed by atoms with Crippen molar-refractivity contribution < 1.29 is 9.90 Å². The van der Waals surface area contributed by atoms with Gasteiger partial charge in [0, 0.05) is 24.5 Å². The van der Waals surface area contributed by atoms with Gasteiger partial charge in [0.2, 0.25) is 0 Å². The van der Waals surface area contributed by atoms with Gasteiger partial charge in [-0.15, -0.1) is 0 Å². The summed E-state index contributed by atoms with van der Waals surface area (Å²) in [4.78, 5) is 14.6. The number of nitrogens with two attached hydrogens (primary N) is 1. The van der Waals surface area contributed by atoms with Crippen molar-refractivity contribution in [2.24, 2.45) is 5.92 Å². The van der Waals surface area contributed by atoms with Gasteiger partial charge in [-0.2, -0.15) is 0 Å². The maximum atomic E-state index is 11.8. The topological polar surface area (TPSA) is 91.1 Å². The number of aromatic amines is 1. The minimum Gasteiger partial charge on any atom is -0.397 e. The van der Waals surface area contributed by atoms with E-state index in [1.807, 2.05) is 13.8 Å². The van der Waals surface area contributed by atoms with Gasteiger partial charge < -0.3 is 21.1 Å². The normalized spacial score (nSPS) is 12.8. The molecular weight excluding hydrogens is 206 g/mol. The molecule has 0 radical (unpaired) electrons. The Morgan fingerprint density at radius 2 is 2.31 bits per heavy atom. The van der Waals surface area contributed by atoms with Gasteiger partial charge in [-0.3, -0.25) is 4.79 Å². The number of rotatable bonds is 5. The van der Waals surface area contributed by atoms with Crippen LogP contribution in [0.2, 0.25) is 0 Å². The molecule has 0 aromatic carbocycles. The second-order valence-electron chi connectivity index (χ2n) is 4.18. The Labute approximate surface area is 95.0 Å². The van der Waals surface area contributed by atoms with Crippen LogP contribution in [-0.2, 0) is 0 Å². The van der Waals surface area contributed by atoms with Crippen LogP contribution in [0.3, 0.4) is 0 Å². The second-order valence-corrected chi connectivity index (χ2v) is 4.18. The van der Waals surface area contributed by atoms with Gasteiger partial charge in [0.25, 0.3) is 5.91 Å². The first kappa shape index (κ1) is 12.6. The smallest absolute Gasteiger partial charge is 0.267 e. The highest BCUT2D eigenvalue weighted by Crippen LogP contribution is 2.09. The Kier molecular flexibility index (Phi) is 4.37. The maximum absolute atomic E-state index is 11.8.